The molecule has 5 heteroatoms. The number of halogens is 3. The maximum absolute atomic E-state index is 5.97. The predicted molar refractivity (Wildman–Crippen MR) is 81.1 cm³/mol. The Hall–Kier alpha value is -0.290. The molecular weight excluding hydrogens is 381 g/mol. The first-order chi connectivity index (χ1) is 8.61. The van der Waals surface area contributed by atoms with Crippen molar-refractivity contribution in [1.82, 2.24) is 5.32 Å². The molecule has 2 nitrogen and oxygen atoms in total. The molecule has 96 valence electrons. The number of furan rings is 1. The second-order valence-electron chi connectivity index (χ2n) is 3.80. The smallest absolute Gasteiger partial charge is 0.169 e. The highest BCUT2D eigenvalue weighted by Gasteiger charge is 2.19. The van der Waals surface area contributed by atoms with Crippen LogP contribution in [0.25, 0.3) is 0 Å². The average Bonchev–Trinajstić information content (AvgIpc) is 2.73. The Morgan fingerprint density at radius 2 is 2.06 bits per heavy atom. The van der Waals surface area contributed by atoms with Gasteiger partial charge in [-0.05, 0) is 52.3 Å². The lowest BCUT2D eigenvalue weighted by molar-refractivity contribution is 0.437. The van der Waals surface area contributed by atoms with E-state index in [0.717, 1.165) is 27.0 Å². The molecule has 0 aliphatic rings. The van der Waals surface area contributed by atoms with Crippen molar-refractivity contribution in [3.05, 3.63) is 55.8 Å². The highest BCUT2D eigenvalue weighted by atomic mass is 79.9. The van der Waals surface area contributed by atoms with Crippen LogP contribution in [0, 0.1) is 0 Å². The van der Waals surface area contributed by atoms with Gasteiger partial charge < -0.3 is 9.73 Å². The molecule has 1 aromatic carbocycles. The SMILES string of the molecule is CCNC(c1ccc(Br)o1)c1ccc(Cl)cc1Br. The third-order valence-electron chi connectivity index (χ3n) is 2.56. The monoisotopic (exact) mass is 391 g/mol. The van der Waals surface area contributed by atoms with E-state index >= 15 is 0 Å². The van der Waals surface area contributed by atoms with Crippen molar-refractivity contribution in [2.45, 2.75) is 13.0 Å². The largest absolute Gasteiger partial charge is 0.452 e. The fourth-order valence-electron chi connectivity index (χ4n) is 1.79. The van der Waals surface area contributed by atoms with Crippen molar-refractivity contribution in [2.75, 3.05) is 6.54 Å². The standard InChI is InChI=1S/C13H12Br2ClNO/c1-2-17-13(11-5-6-12(15)18-11)9-4-3-8(16)7-10(9)14/h3-7,13,17H,2H2,1H3. The summed E-state index contributed by atoms with van der Waals surface area (Å²) < 4.78 is 7.33. The Kier molecular flexibility index (Phi) is 4.90. The molecule has 1 N–H and O–H groups in total. The summed E-state index contributed by atoms with van der Waals surface area (Å²) >= 11 is 12.8. The van der Waals surface area contributed by atoms with Crippen LogP contribution in [0.4, 0.5) is 0 Å². The first-order valence-corrected chi connectivity index (χ1v) is 7.51. The van der Waals surface area contributed by atoms with Crippen LogP contribution < -0.4 is 5.32 Å². The Morgan fingerprint density at radius 3 is 2.61 bits per heavy atom. The van der Waals surface area contributed by atoms with E-state index in [1.165, 1.54) is 0 Å². The predicted octanol–water partition coefficient (Wildman–Crippen LogP) is 5.16. The van der Waals surface area contributed by atoms with E-state index in [1.807, 2.05) is 30.3 Å². The molecule has 0 fully saturated rings. The second kappa shape index (κ2) is 6.24. The summed E-state index contributed by atoms with van der Waals surface area (Å²) in [5, 5.41) is 4.11. The third kappa shape index (κ3) is 3.18. The minimum absolute atomic E-state index is 0.00735. The van der Waals surface area contributed by atoms with Gasteiger partial charge >= 0.3 is 0 Å². The number of hydrogen-bond acceptors (Lipinski definition) is 2. The first-order valence-electron chi connectivity index (χ1n) is 5.55. The highest BCUT2D eigenvalue weighted by molar-refractivity contribution is 9.10. The van der Waals surface area contributed by atoms with Gasteiger partial charge in [0.05, 0.1) is 6.04 Å². The van der Waals surface area contributed by atoms with Crippen LogP contribution in [0.2, 0.25) is 5.02 Å². The molecule has 0 amide bonds. The van der Waals surface area contributed by atoms with Gasteiger partial charge in [0, 0.05) is 9.50 Å². The van der Waals surface area contributed by atoms with Crippen LogP contribution in [0.1, 0.15) is 24.3 Å². The molecule has 0 radical (unpaired) electrons. The fourth-order valence-corrected chi connectivity index (χ4v) is 3.02. The highest BCUT2D eigenvalue weighted by Crippen LogP contribution is 2.32. The molecule has 0 bridgehead atoms. The molecule has 1 aromatic heterocycles. The Morgan fingerprint density at radius 1 is 1.28 bits per heavy atom. The van der Waals surface area contributed by atoms with E-state index in [0.29, 0.717) is 5.02 Å². The molecule has 0 saturated carbocycles. The molecule has 0 spiro atoms. The van der Waals surface area contributed by atoms with Crippen LogP contribution in [0.15, 0.2) is 43.9 Å². The molecule has 1 unspecified atom stereocenters. The zero-order valence-electron chi connectivity index (χ0n) is 9.71. The first kappa shape index (κ1) is 14.1. The summed E-state index contributed by atoms with van der Waals surface area (Å²) in [7, 11) is 0. The third-order valence-corrected chi connectivity index (χ3v) is 3.91. The normalized spacial score (nSPS) is 12.7. The van der Waals surface area contributed by atoms with Gasteiger partial charge in [0.1, 0.15) is 5.76 Å². The van der Waals surface area contributed by atoms with E-state index in [1.54, 1.807) is 0 Å². The molecular formula is C13H12Br2ClNO. The zero-order chi connectivity index (χ0) is 13.1. The molecule has 0 aliphatic heterocycles. The van der Waals surface area contributed by atoms with E-state index in [4.69, 9.17) is 16.0 Å². The average molecular weight is 394 g/mol. The van der Waals surface area contributed by atoms with Crippen LogP contribution in [-0.4, -0.2) is 6.54 Å². The van der Waals surface area contributed by atoms with E-state index in [-0.39, 0.29) is 6.04 Å². The molecule has 0 aliphatic carbocycles. The quantitative estimate of drug-likeness (QED) is 0.776. The lowest BCUT2D eigenvalue weighted by Gasteiger charge is -2.17. The van der Waals surface area contributed by atoms with E-state index in [9.17, 15) is 0 Å². The summed E-state index contributed by atoms with van der Waals surface area (Å²) in [5.41, 5.74) is 1.10. The minimum Gasteiger partial charge on any atom is -0.452 e. The maximum Gasteiger partial charge on any atom is 0.169 e. The van der Waals surface area contributed by atoms with Gasteiger partial charge in [0.2, 0.25) is 0 Å². The topological polar surface area (TPSA) is 25.2 Å². The van der Waals surface area contributed by atoms with Crippen molar-refractivity contribution < 1.29 is 4.42 Å². The molecule has 2 rings (SSSR count). The summed E-state index contributed by atoms with van der Waals surface area (Å²) in [6.07, 6.45) is 0. The Balaban J connectivity index is 2.41. The number of hydrogen-bond donors (Lipinski definition) is 1. The number of nitrogens with one attached hydrogen (secondary N) is 1. The fraction of sp³-hybridized carbons (Fsp3) is 0.231. The van der Waals surface area contributed by atoms with Crippen molar-refractivity contribution in [3.63, 3.8) is 0 Å². The molecule has 2 aromatic rings. The van der Waals surface area contributed by atoms with Crippen molar-refractivity contribution >= 4 is 43.5 Å². The van der Waals surface area contributed by atoms with Gasteiger partial charge in [-0.3, -0.25) is 0 Å². The Bertz CT molecular complexity index is 542. The zero-order valence-corrected chi connectivity index (χ0v) is 13.6. The number of rotatable bonds is 4. The summed E-state index contributed by atoms with van der Waals surface area (Å²) in [6, 6.07) is 9.62. The lowest BCUT2D eigenvalue weighted by atomic mass is 10.0. The van der Waals surface area contributed by atoms with Crippen LogP contribution in [-0.2, 0) is 0 Å². The summed E-state index contributed by atoms with van der Waals surface area (Å²) in [6.45, 7) is 2.91. The summed E-state index contributed by atoms with van der Waals surface area (Å²) in [5.74, 6) is 0.867. The molecule has 1 atom stereocenters. The summed E-state index contributed by atoms with van der Waals surface area (Å²) in [4.78, 5) is 0. The van der Waals surface area contributed by atoms with Gasteiger partial charge in [-0.25, -0.2) is 0 Å². The second-order valence-corrected chi connectivity index (χ2v) is 5.87. The maximum atomic E-state index is 5.97. The van der Waals surface area contributed by atoms with Crippen LogP contribution >= 0.6 is 43.5 Å². The molecule has 0 saturated heterocycles. The van der Waals surface area contributed by atoms with Crippen molar-refractivity contribution in [3.8, 4) is 0 Å². The molecule has 18 heavy (non-hydrogen) atoms. The number of benzene rings is 1. The van der Waals surface area contributed by atoms with Gasteiger partial charge in [0.15, 0.2) is 4.67 Å². The van der Waals surface area contributed by atoms with Crippen molar-refractivity contribution in [2.24, 2.45) is 0 Å². The van der Waals surface area contributed by atoms with E-state index in [2.05, 4.69) is 44.1 Å². The van der Waals surface area contributed by atoms with Gasteiger partial charge in [0.25, 0.3) is 0 Å². The van der Waals surface area contributed by atoms with Gasteiger partial charge in [-0.15, -0.1) is 0 Å². The van der Waals surface area contributed by atoms with E-state index < -0.39 is 0 Å². The molecule has 1 heterocycles. The Labute approximate surface area is 128 Å². The lowest BCUT2D eigenvalue weighted by Crippen LogP contribution is -2.21. The van der Waals surface area contributed by atoms with Gasteiger partial charge in [-0.2, -0.15) is 0 Å². The van der Waals surface area contributed by atoms with Gasteiger partial charge in [-0.1, -0.05) is 40.5 Å². The van der Waals surface area contributed by atoms with Crippen LogP contribution in [0.5, 0.6) is 0 Å². The van der Waals surface area contributed by atoms with Crippen molar-refractivity contribution in [1.29, 1.82) is 0 Å². The minimum atomic E-state index is 0.00735. The van der Waals surface area contributed by atoms with Crippen LogP contribution in [0.3, 0.4) is 0 Å².